The van der Waals surface area contributed by atoms with Gasteiger partial charge in [0.2, 0.25) is 0 Å². The maximum absolute atomic E-state index is 10.8. The van der Waals surface area contributed by atoms with E-state index in [1.807, 2.05) is 0 Å². The van der Waals surface area contributed by atoms with E-state index in [0.29, 0.717) is 0 Å². The summed E-state index contributed by atoms with van der Waals surface area (Å²) >= 11 is 0. The molecule has 15 heavy (non-hydrogen) atoms. The van der Waals surface area contributed by atoms with Gasteiger partial charge in [-0.1, -0.05) is 0 Å². The Kier molecular flexibility index (Phi) is 3.71. The van der Waals surface area contributed by atoms with Crippen LogP contribution in [0.3, 0.4) is 0 Å². The Morgan fingerprint density at radius 1 is 0.933 bits per heavy atom. The molecule has 0 aromatic heterocycles. The van der Waals surface area contributed by atoms with E-state index in [0.717, 1.165) is 12.5 Å². The minimum absolute atomic E-state index is 0.00669. The van der Waals surface area contributed by atoms with Crippen molar-refractivity contribution in [3.8, 4) is 0 Å². The molecule has 9 heteroatoms. The summed E-state index contributed by atoms with van der Waals surface area (Å²) in [6.07, 6.45) is -0.0597. The van der Waals surface area contributed by atoms with Crippen molar-refractivity contribution in [1.82, 2.24) is 0 Å². The van der Waals surface area contributed by atoms with E-state index in [9.17, 15) is 16.8 Å². The highest BCUT2D eigenvalue weighted by atomic mass is 32.2. The Bertz CT molecular complexity index is 369. The van der Waals surface area contributed by atoms with Crippen molar-refractivity contribution in [2.75, 3.05) is 25.7 Å². The molecule has 1 aliphatic rings. The number of hydrogen-bond acceptors (Lipinski definition) is 7. The molecule has 2 atom stereocenters. The summed E-state index contributed by atoms with van der Waals surface area (Å²) in [6, 6.07) is 0. The lowest BCUT2D eigenvalue weighted by Gasteiger charge is -2.15. The number of rotatable bonds is 4. The molecular formula is C6H12O7S2. The van der Waals surface area contributed by atoms with Gasteiger partial charge in [0.1, 0.15) is 12.2 Å². The van der Waals surface area contributed by atoms with Crippen molar-refractivity contribution in [1.29, 1.82) is 0 Å². The van der Waals surface area contributed by atoms with Crippen LogP contribution in [0.15, 0.2) is 0 Å². The molecule has 0 N–H and O–H groups in total. The van der Waals surface area contributed by atoms with Gasteiger partial charge in [0.15, 0.2) is 0 Å². The van der Waals surface area contributed by atoms with E-state index in [4.69, 9.17) is 4.74 Å². The Morgan fingerprint density at radius 3 is 1.53 bits per heavy atom. The van der Waals surface area contributed by atoms with Gasteiger partial charge in [0, 0.05) is 0 Å². The lowest BCUT2D eigenvalue weighted by molar-refractivity contribution is 0.102. The molecule has 1 rings (SSSR count). The van der Waals surface area contributed by atoms with E-state index in [1.54, 1.807) is 0 Å². The van der Waals surface area contributed by atoms with Crippen LogP contribution in [0.4, 0.5) is 0 Å². The summed E-state index contributed by atoms with van der Waals surface area (Å²) < 4.78 is 57.4. The third-order valence-corrected chi connectivity index (χ3v) is 2.77. The molecule has 0 spiro atoms. The van der Waals surface area contributed by atoms with Crippen LogP contribution in [0.1, 0.15) is 0 Å². The summed E-state index contributed by atoms with van der Waals surface area (Å²) in [7, 11) is -7.30. The van der Waals surface area contributed by atoms with Gasteiger partial charge in [-0.25, -0.2) is 0 Å². The van der Waals surface area contributed by atoms with Gasteiger partial charge in [-0.3, -0.25) is 8.37 Å². The molecule has 1 fully saturated rings. The van der Waals surface area contributed by atoms with E-state index >= 15 is 0 Å². The molecule has 0 aliphatic carbocycles. The highest BCUT2D eigenvalue weighted by Crippen LogP contribution is 2.16. The first-order chi connectivity index (χ1) is 6.67. The molecule has 7 nitrogen and oxygen atoms in total. The highest BCUT2D eigenvalue weighted by molar-refractivity contribution is 7.86. The highest BCUT2D eigenvalue weighted by Gasteiger charge is 2.35. The molecule has 1 saturated heterocycles. The molecule has 0 radical (unpaired) electrons. The van der Waals surface area contributed by atoms with Crippen molar-refractivity contribution in [3.05, 3.63) is 0 Å². The van der Waals surface area contributed by atoms with Gasteiger partial charge in [-0.05, 0) is 0 Å². The number of ether oxygens (including phenoxy) is 1. The fraction of sp³-hybridized carbons (Fsp3) is 1.00. The van der Waals surface area contributed by atoms with Crippen molar-refractivity contribution in [2.45, 2.75) is 12.2 Å². The standard InChI is InChI=1S/C6H12O7S2/c1-14(7,8)12-5-3-11-4-6(5)13-15(2,9)10/h5-6H,3-4H2,1-2H3/t5-,6-/m0/s1. The zero-order chi connectivity index (χ0) is 11.7. The van der Waals surface area contributed by atoms with Crippen molar-refractivity contribution in [3.63, 3.8) is 0 Å². The first kappa shape index (κ1) is 12.8. The van der Waals surface area contributed by atoms with Gasteiger partial charge >= 0.3 is 0 Å². The van der Waals surface area contributed by atoms with E-state index in [-0.39, 0.29) is 13.2 Å². The molecule has 0 aromatic rings. The third-order valence-electron chi connectivity index (χ3n) is 1.58. The summed E-state index contributed by atoms with van der Waals surface area (Å²) in [5.74, 6) is 0. The molecule has 0 aromatic carbocycles. The Morgan fingerprint density at radius 2 is 1.27 bits per heavy atom. The minimum atomic E-state index is -3.65. The quantitative estimate of drug-likeness (QED) is 0.580. The fourth-order valence-corrected chi connectivity index (χ4v) is 2.40. The topological polar surface area (TPSA) is 96.0 Å². The Balaban J connectivity index is 2.66. The first-order valence-electron chi connectivity index (χ1n) is 4.02. The molecular weight excluding hydrogens is 248 g/mol. The average Bonchev–Trinajstić information content (AvgIpc) is 2.29. The van der Waals surface area contributed by atoms with Gasteiger partial charge < -0.3 is 4.74 Å². The van der Waals surface area contributed by atoms with Gasteiger partial charge in [0.25, 0.3) is 20.2 Å². The van der Waals surface area contributed by atoms with Crippen molar-refractivity contribution >= 4 is 20.2 Å². The largest absolute Gasteiger partial charge is 0.376 e. The third kappa shape index (κ3) is 4.89. The molecule has 0 amide bonds. The van der Waals surface area contributed by atoms with Crippen LogP contribution < -0.4 is 0 Å². The lowest BCUT2D eigenvalue weighted by Crippen LogP contribution is -2.33. The van der Waals surface area contributed by atoms with Crippen LogP contribution in [-0.2, 0) is 33.3 Å². The second-order valence-electron chi connectivity index (χ2n) is 3.22. The van der Waals surface area contributed by atoms with Crippen LogP contribution in [0.2, 0.25) is 0 Å². The maximum Gasteiger partial charge on any atom is 0.264 e. The molecule has 1 heterocycles. The normalized spacial score (nSPS) is 28.1. The van der Waals surface area contributed by atoms with Gasteiger partial charge in [0.05, 0.1) is 25.7 Å². The Hall–Kier alpha value is -0.220. The van der Waals surface area contributed by atoms with Crippen LogP contribution in [0, 0.1) is 0 Å². The molecule has 0 saturated carbocycles. The van der Waals surface area contributed by atoms with E-state index in [2.05, 4.69) is 8.37 Å². The smallest absolute Gasteiger partial charge is 0.264 e. The molecule has 0 unspecified atom stereocenters. The summed E-state index contributed by atoms with van der Waals surface area (Å²) in [5.41, 5.74) is 0. The van der Waals surface area contributed by atoms with E-state index < -0.39 is 32.4 Å². The van der Waals surface area contributed by atoms with Crippen LogP contribution in [0.5, 0.6) is 0 Å². The van der Waals surface area contributed by atoms with Gasteiger partial charge in [-0.15, -0.1) is 0 Å². The summed E-state index contributed by atoms with van der Waals surface area (Å²) in [5, 5.41) is 0. The number of hydrogen-bond donors (Lipinski definition) is 0. The van der Waals surface area contributed by atoms with Crippen LogP contribution in [0.25, 0.3) is 0 Å². The van der Waals surface area contributed by atoms with Crippen LogP contribution >= 0.6 is 0 Å². The second kappa shape index (κ2) is 4.34. The molecule has 90 valence electrons. The summed E-state index contributed by atoms with van der Waals surface area (Å²) in [4.78, 5) is 0. The van der Waals surface area contributed by atoms with Crippen LogP contribution in [-0.4, -0.2) is 54.8 Å². The van der Waals surface area contributed by atoms with Crippen molar-refractivity contribution in [2.24, 2.45) is 0 Å². The minimum Gasteiger partial charge on any atom is -0.376 e. The Labute approximate surface area is 88.6 Å². The van der Waals surface area contributed by atoms with Gasteiger partial charge in [-0.2, -0.15) is 16.8 Å². The average molecular weight is 260 g/mol. The monoisotopic (exact) mass is 260 g/mol. The maximum atomic E-state index is 10.8. The summed E-state index contributed by atoms with van der Waals surface area (Å²) in [6.45, 7) is -0.0134. The second-order valence-corrected chi connectivity index (χ2v) is 6.42. The predicted molar refractivity (Wildman–Crippen MR) is 50.3 cm³/mol. The van der Waals surface area contributed by atoms with E-state index in [1.165, 1.54) is 0 Å². The predicted octanol–water partition coefficient (Wildman–Crippen LogP) is -1.29. The fourth-order valence-electron chi connectivity index (χ4n) is 1.14. The SMILES string of the molecule is CS(=O)(=O)O[C@H]1COC[C@@H]1OS(C)(=O)=O. The lowest BCUT2D eigenvalue weighted by atomic mass is 10.3. The zero-order valence-corrected chi connectivity index (χ0v) is 9.88. The zero-order valence-electron chi connectivity index (χ0n) is 8.24. The molecule has 1 aliphatic heterocycles. The van der Waals surface area contributed by atoms with Crippen molar-refractivity contribution < 1.29 is 29.9 Å². The first-order valence-corrected chi connectivity index (χ1v) is 7.65. The molecule has 0 bridgehead atoms.